The number of benzene rings is 2. The third-order valence-electron chi connectivity index (χ3n) is 4.77. The summed E-state index contributed by atoms with van der Waals surface area (Å²) < 4.78 is 44.3. The molecule has 0 saturated carbocycles. The monoisotopic (exact) mass is 416 g/mol. The highest BCUT2D eigenvalue weighted by Crippen LogP contribution is 2.33. The fraction of sp³-hybridized carbons (Fsp3) is 0.136. The van der Waals surface area contributed by atoms with Gasteiger partial charge in [-0.2, -0.15) is 0 Å². The molecule has 148 valence electrons. The summed E-state index contributed by atoms with van der Waals surface area (Å²) >= 11 is 5.83. The topological polar surface area (TPSA) is 37.5 Å². The lowest BCUT2D eigenvalue weighted by Crippen LogP contribution is -2.18. The molecule has 0 radical (unpaired) electrons. The van der Waals surface area contributed by atoms with E-state index in [9.17, 15) is 18.3 Å². The van der Waals surface area contributed by atoms with Crippen LogP contribution in [0.1, 0.15) is 19.4 Å². The zero-order chi connectivity index (χ0) is 20.9. The first-order valence-electron chi connectivity index (χ1n) is 8.80. The Labute approximate surface area is 170 Å². The Hall–Kier alpha value is -2.83. The number of pyridine rings is 1. The summed E-state index contributed by atoms with van der Waals surface area (Å²) in [5.74, 6) is -1.72. The van der Waals surface area contributed by atoms with E-state index < -0.39 is 23.1 Å². The number of rotatable bonds is 3. The quantitative estimate of drug-likeness (QED) is 0.447. The van der Waals surface area contributed by atoms with Crippen LogP contribution < -0.4 is 0 Å². The van der Waals surface area contributed by atoms with Gasteiger partial charge >= 0.3 is 0 Å². The van der Waals surface area contributed by atoms with Gasteiger partial charge in [-0.15, -0.1) is 0 Å². The van der Waals surface area contributed by atoms with Crippen LogP contribution in [-0.4, -0.2) is 14.5 Å². The molecule has 0 atom stereocenters. The molecule has 1 N–H and O–H groups in total. The van der Waals surface area contributed by atoms with Crippen LogP contribution in [0.5, 0.6) is 0 Å². The molecular formula is C22H16ClF3N2O. The summed E-state index contributed by atoms with van der Waals surface area (Å²) in [6.45, 7) is 2.98. The highest BCUT2D eigenvalue weighted by Gasteiger charge is 2.24. The predicted octanol–water partition coefficient (Wildman–Crippen LogP) is 5.97. The number of aliphatic hydroxyl groups is 1. The van der Waals surface area contributed by atoms with Gasteiger partial charge in [0.1, 0.15) is 11.6 Å². The predicted molar refractivity (Wildman–Crippen MR) is 106 cm³/mol. The van der Waals surface area contributed by atoms with E-state index in [1.165, 1.54) is 54.8 Å². The molecule has 0 aliphatic carbocycles. The maximum atomic E-state index is 14.8. The molecule has 0 spiro atoms. The van der Waals surface area contributed by atoms with Crippen molar-refractivity contribution in [2.75, 3.05) is 0 Å². The minimum atomic E-state index is -1.36. The first-order valence-corrected chi connectivity index (χ1v) is 9.18. The van der Waals surface area contributed by atoms with Gasteiger partial charge < -0.3 is 5.11 Å². The summed E-state index contributed by atoms with van der Waals surface area (Å²) in [7, 11) is 0. The van der Waals surface area contributed by atoms with Gasteiger partial charge in [0.15, 0.2) is 11.5 Å². The summed E-state index contributed by atoms with van der Waals surface area (Å²) in [4.78, 5) is 4.13. The number of hydrogen-bond donors (Lipinski definition) is 1. The van der Waals surface area contributed by atoms with Crippen molar-refractivity contribution in [3.63, 3.8) is 0 Å². The van der Waals surface area contributed by atoms with Crippen LogP contribution in [0.2, 0.25) is 5.02 Å². The Morgan fingerprint density at radius 1 is 0.966 bits per heavy atom. The molecule has 0 aliphatic heterocycles. The normalized spacial score (nSPS) is 12.0. The molecule has 4 rings (SSSR count). The van der Waals surface area contributed by atoms with E-state index in [0.717, 1.165) is 0 Å². The van der Waals surface area contributed by atoms with Crippen molar-refractivity contribution in [1.29, 1.82) is 0 Å². The number of halogens is 4. The second-order valence-electron chi connectivity index (χ2n) is 7.26. The maximum Gasteiger partial charge on any atom is 0.174 e. The molecule has 7 heteroatoms. The molecule has 0 unspecified atom stereocenters. The lowest BCUT2D eigenvalue weighted by Gasteiger charge is -2.18. The zero-order valence-corrected chi connectivity index (χ0v) is 16.3. The van der Waals surface area contributed by atoms with Crippen LogP contribution in [0.3, 0.4) is 0 Å². The molecule has 29 heavy (non-hydrogen) atoms. The molecule has 4 aromatic rings. The van der Waals surface area contributed by atoms with E-state index in [1.54, 1.807) is 18.3 Å². The van der Waals surface area contributed by atoms with Crippen molar-refractivity contribution < 1.29 is 18.3 Å². The van der Waals surface area contributed by atoms with Gasteiger partial charge in [-0.3, -0.25) is 4.40 Å². The van der Waals surface area contributed by atoms with Crippen LogP contribution in [0, 0.1) is 17.5 Å². The summed E-state index contributed by atoms with van der Waals surface area (Å²) in [6, 6.07) is 9.85. The Kier molecular flexibility index (Phi) is 4.63. The van der Waals surface area contributed by atoms with Gasteiger partial charge in [0.2, 0.25) is 0 Å². The zero-order valence-electron chi connectivity index (χ0n) is 15.5. The number of fused-ring (bicyclic) bond motifs is 1. The van der Waals surface area contributed by atoms with Crippen LogP contribution >= 0.6 is 11.6 Å². The molecule has 0 bridgehead atoms. The van der Waals surface area contributed by atoms with Gasteiger partial charge in [-0.25, -0.2) is 18.2 Å². The lowest BCUT2D eigenvalue weighted by molar-refractivity contribution is 0.0746. The Balaban J connectivity index is 1.87. The fourth-order valence-electron chi connectivity index (χ4n) is 3.27. The van der Waals surface area contributed by atoms with Crippen molar-refractivity contribution in [1.82, 2.24) is 9.38 Å². The van der Waals surface area contributed by atoms with Crippen molar-refractivity contribution in [3.05, 3.63) is 82.9 Å². The second-order valence-corrected chi connectivity index (χ2v) is 7.67. The Morgan fingerprint density at radius 3 is 2.34 bits per heavy atom. The minimum Gasteiger partial charge on any atom is -0.386 e. The summed E-state index contributed by atoms with van der Waals surface area (Å²) in [6.07, 6.45) is 3.08. The van der Waals surface area contributed by atoms with E-state index in [1.807, 2.05) is 0 Å². The van der Waals surface area contributed by atoms with Gasteiger partial charge in [0.25, 0.3) is 0 Å². The fourth-order valence-corrected chi connectivity index (χ4v) is 3.45. The maximum absolute atomic E-state index is 14.8. The van der Waals surface area contributed by atoms with Crippen molar-refractivity contribution in [3.8, 4) is 22.4 Å². The number of nitrogens with zero attached hydrogens (tertiary/aromatic N) is 2. The van der Waals surface area contributed by atoms with Crippen LogP contribution in [0.4, 0.5) is 13.2 Å². The third kappa shape index (κ3) is 3.39. The molecule has 2 aromatic heterocycles. The van der Waals surface area contributed by atoms with Crippen LogP contribution in [0.15, 0.2) is 54.9 Å². The molecule has 0 fully saturated rings. The van der Waals surface area contributed by atoms with Crippen molar-refractivity contribution >= 4 is 17.2 Å². The number of aromatic nitrogens is 2. The average molecular weight is 417 g/mol. The Bertz CT molecular complexity index is 1250. The second kappa shape index (κ2) is 6.90. The van der Waals surface area contributed by atoms with Crippen molar-refractivity contribution in [2.45, 2.75) is 19.4 Å². The van der Waals surface area contributed by atoms with Gasteiger partial charge in [0, 0.05) is 22.9 Å². The molecule has 0 aliphatic rings. The smallest absolute Gasteiger partial charge is 0.174 e. The molecule has 2 aromatic carbocycles. The van der Waals surface area contributed by atoms with Gasteiger partial charge in [0.05, 0.1) is 22.5 Å². The first-order chi connectivity index (χ1) is 13.7. The van der Waals surface area contributed by atoms with E-state index in [0.29, 0.717) is 16.8 Å². The van der Waals surface area contributed by atoms with E-state index in [-0.39, 0.29) is 21.8 Å². The summed E-state index contributed by atoms with van der Waals surface area (Å²) in [5.41, 5.74) is 0.592. The molecule has 3 nitrogen and oxygen atoms in total. The molecule has 0 amide bonds. The van der Waals surface area contributed by atoms with Crippen molar-refractivity contribution in [2.24, 2.45) is 0 Å². The third-order valence-corrected chi connectivity index (χ3v) is 5.06. The average Bonchev–Trinajstić information content (AvgIpc) is 3.09. The SMILES string of the molecule is CC(C)(O)c1ccn2c(-c3ccc(F)c(-c4ccc(F)c(Cl)c4)c3)cnc2c1F. The molecule has 0 saturated heterocycles. The van der Waals surface area contributed by atoms with E-state index >= 15 is 0 Å². The Morgan fingerprint density at radius 2 is 1.66 bits per heavy atom. The van der Waals surface area contributed by atoms with Crippen LogP contribution in [-0.2, 0) is 5.60 Å². The summed E-state index contributed by atoms with van der Waals surface area (Å²) in [5, 5.41) is 10.0. The highest BCUT2D eigenvalue weighted by molar-refractivity contribution is 6.31. The number of imidazole rings is 1. The molecular weight excluding hydrogens is 401 g/mol. The largest absolute Gasteiger partial charge is 0.386 e. The standard InChI is InChI=1S/C22H16ClF3N2O/c1-22(2,29)15-7-8-28-19(11-27-21(28)20(15)26)13-4-5-17(24)14(9-13)12-3-6-18(25)16(23)10-12/h3-11,29H,1-2H3. The minimum absolute atomic E-state index is 0.0512. The van der Waals surface area contributed by atoms with Crippen LogP contribution in [0.25, 0.3) is 28.0 Å². The van der Waals surface area contributed by atoms with Gasteiger partial charge in [-0.05, 0) is 55.8 Å². The number of hydrogen-bond acceptors (Lipinski definition) is 2. The highest BCUT2D eigenvalue weighted by atomic mass is 35.5. The van der Waals surface area contributed by atoms with E-state index in [2.05, 4.69) is 4.98 Å². The van der Waals surface area contributed by atoms with Gasteiger partial charge in [-0.1, -0.05) is 17.7 Å². The lowest BCUT2D eigenvalue weighted by atomic mass is 9.99. The van der Waals surface area contributed by atoms with E-state index in [4.69, 9.17) is 11.6 Å². The first kappa shape index (κ1) is 19.5. The molecule has 2 heterocycles.